The van der Waals surface area contributed by atoms with Gasteiger partial charge in [-0.05, 0) is 12.2 Å². The predicted molar refractivity (Wildman–Crippen MR) is 67.3 cm³/mol. The standard InChI is InChI=1S/C9H18N2O4S2/c1-10(5-3-9(12)13)17(14,15)11-4-2-7-16-8-6-11/h2-8H2,1H3,(H,12,13). The smallest absolute Gasteiger partial charge is 0.304 e. The molecule has 0 aromatic heterocycles. The Labute approximate surface area is 106 Å². The van der Waals surface area contributed by atoms with Gasteiger partial charge >= 0.3 is 5.97 Å². The maximum Gasteiger partial charge on any atom is 0.304 e. The van der Waals surface area contributed by atoms with E-state index in [1.807, 2.05) is 0 Å². The molecule has 1 rings (SSSR count). The summed E-state index contributed by atoms with van der Waals surface area (Å²) in [6, 6.07) is 0. The molecule has 6 nitrogen and oxygen atoms in total. The van der Waals surface area contributed by atoms with Gasteiger partial charge in [-0.1, -0.05) is 0 Å². The van der Waals surface area contributed by atoms with E-state index in [1.165, 1.54) is 11.4 Å². The molecule has 17 heavy (non-hydrogen) atoms. The fourth-order valence-electron chi connectivity index (χ4n) is 1.52. The van der Waals surface area contributed by atoms with E-state index in [0.29, 0.717) is 13.1 Å². The Morgan fingerprint density at radius 3 is 2.76 bits per heavy atom. The normalized spacial score (nSPS) is 19.2. The predicted octanol–water partition coefficient (Wildman–Crippen LogP) is 0.0766. The Hall–Kier alpha value is -0.310. The molecule has 0 aliphatic carbocycles. The molecule has 0 spiro atoms. The highest BCUT2D eigenvalue weighted by atomic mass is 32.2. The van der Waals surface area contributed by atoms with E-state index in [0.717, 1.165) is 22.2 Å². The van der Waals surface area contributed by atoms with Crippen LogP contribution in [0.25, 0.3) is 0 Å². The van der Waals surface area contributed by atoms with Crippen LogP contribution < -0.4 is 0 Å². The van der Waals surface area contributed by atoms with Crippen molar-refractivity contribution < 1.29 is 18.3 Å². The zero-order chi connectivity index (χ0) is 12.9. The molecular formula is C9H18N2O4S2. The van der Waals surface area contributed by atoms with Crippen LogP contribution in [0.2, 0.25) is 0 Å². The second-order valence-corrected chi connectivity index (χ2v) is 7.10. The number of aliphatic carboxylic acids is 1. The monoisotopic (exact) mass is 282 g/mol. The third kappa shape index (κ3) is 4.46. The molecule has 0 amide bonds. The molecule has 8 heteroatoms. The highest BCUT2D eigenvalue weighted by Gasteiger charge is 2.27. The molecule has 1 N–H and O–H groups in total. The van der Waals surface area contributed by atoms with Gasteiger partial charge < -0.3 is 5.11 Å². The minimum absolute atomic E-state index is 0.0152. The van der Waals surface area contributed by atoms with Gasteiger partial charge in [0.1, 0.15) is 0 Å². The van der Waals surface area contributed by atoms with Gasteiger partial charge in [0.15, 0.2) is 0 Å². The van der Waals surface area contributed by atoms with Crippen LogP contribution in [0.5, 0.6) is 0 Å². The van der Waals surface area contributed by atoms with Crippen LogP contribution in [0, 0.1) is 0 Å². The Morgan fingerprint density at radius 2 is 2.12 bits per heavy atom. The quantitative estimate of drug-likeness (QED) is 0.772. The minimum Gasteiger partial charge on any atom is -0.481 e. The summed E-state index contributed by atoms with van der Waals surface area (Å²) in [6.45, 7) is 1.04. The summed E-state index contributed by atoms with van der Waals surface area (Å²) in [7, 11) is -2.06. The van der Waals surface area contributed by atoms with Gasteiger partial charge in [0, 0.05) is 32.4 Å². The molecule has 1 saturated heterocycles. The third-order valence-electron chi connectivity index (χ3n) is 2.54. The van der Waals surface area contributed by atoms with E-state index in [1.54, 1.807) is 11.8 Å². The van der Waals surface area contributed by atoms with Crippen LogP contribution in [-0.4, -0.2) is 66.3 Å². The second kappa shape index (κ2) is 6.58. The molecule has 0 unspecified atom stereocenters. The molecule has 1 heterocycles. The third-order valence-corrected chi connectivity index (χ3v) is 5.58. The van der Waals surface area contributed by atoms with E-state index in [-0.39, 0.29) is 13.0 Å². The van der Waals surface area contributed by atoms with E-state index in [9.17, 15) is 13.2 Å². The van der Waals surface area contributed by atoms with Crippen LogP contribution in [0.1, 0.15) is 12.8 Å². The van der Waals surface area contributed by atoms with Gasteiger partial charge in [0.05, 0.1) is 6.42 Å². The van der Waals surface area contributed by atoms with Crippen molar-refractivity contribution in [2.24, 2.45) is 0 Å². The number of carboxylic acid groups (broad SMARTS) is 1. The van der Waals surface area contributed by atoms with Crippen molar-refractivity contribution in [2.75, 3.05) is 38.2 Å². The summed E-state index contributed by atoms with van der Waals surface area (Å²) in [5, 5.41) is 8.55. The van der Waals surface area contributed by atoms with Crippen molar-refractivity contribution >= 4 is 27.9 Å². The molecular weight excluding hydrogens is 264 g/mol. The maximum atomic E-state index is 12.1. The first kappa shape index (κ1) is 14.7. The molecule has 0 radical (unpaired) electrons. The number of rotatable bonds is 5. The molecule has 0 saturated carbocycles. The van der Waals surface area contributed by atoms with Gasteiger partial charge in [-0.2, -0.15) is 28.8 Å². The minimum atomic E-state index is -3.49. The summed E-state index contributed by atoms with van der Waals surface area (Å²) < 4.78 is 26.8. The van der Waals surface area contributed by atoms with Crippen molar-refractivity contribution in [3.05, 3.63) is 0 Å². The van der Waals surface area contributed by atoms with Gasteiger partial charge in [-0.15, -0.1) is 0 Å². The largest absolute Gasteiger partial charge is 0.481 e. The average molecular weight is 282 g/mol. The molecule has 1 fully saturated rings. The van der Waals surface area contributed by atoms with Crippen LogP contribution >= 0.6 is 11.8 Å². The summed E-state index contributed by atoms with van der Waals surface area (Å²) in [4.78, 5) is 10.4. The zero-order valence-electron chi connectivity index (χ0n) is 9.83. The van der Waals surface area contributed by atoms with Gasteiger partial charge in [-0.3, -0.25) is 4.79 Å². The lowest BCUT2D eigenvalue weighted by molar-refractivity contribution is -0.137. The first-order valence-electron chi connectivity index (χ1n) is 5.45. The number of hydrogen-bond donors (Lipinski definition) is 1. The van der Waals surface area contributed by atoms with Crippen molar-refractivity contribution in [1.29, 1.82) is 0 Å². The van der Waals surface area contributed by atoms with Crippen LogP contribution in [-0.2, 0) is 15.0 Å². The van der Waals surface area contributed by atoms with E-state index < -0.39 is 16.2 Å². The fourth-order valence-corrected chi connectivity index (χ4v) is 3.92. The summed E-state index contributed by atoms with van der Waals surface area (Å²) in [5.74, 6) is 0.787. The van der Waals surface area contributed by atoms with Crippen molar-refractivity contribution in [3.8, 4) is 0 Å². The number of carboxylic acids is 1. The molecule has 1 aliphatic rings. The zero-order valence-corrected chi connectivity index (χ0v) is 11.5. The van der Waals surface area contributed by atoms with Crippen LogP contribution in [0.3, 0.4) is 0 Å². The van der Waals surface area contributed by atoms with Gasteiger partial charge in [-0.25, -0.2) is 0 Å². The maximum absolute atomic E-state index is 12.1. The van der Waals surface area contributed by atoms with Crippen molar-refractivity contribution in [3.63, 3.8) is 0 Å². The molecule has 100 valence electrons. The molecule has 0 aromatic rings. The Morgan fingerprint density at radius 1 is 1.41 bits per heavy atom. The topological polar surface area (TPSA) is 77.9 Å². The average Bonchev–Trinajstić information content (AvgIpc) is 2.54. The number of carbonyl (C=O) groups is 1. The van der Waals surface area contributed by atoms with Crippen LogP contribution in [0.4, 0.5) is 0 Å². The lowest BCUT2D eigenvalue weighted by Crippen LogP contribution is -2.43. The number of nitrogens with zero attached hydrogens (tertiary/aromatic N) is 2. The van der Waals surface area contributed by atoms with Crippen molar-refractivity contribution in [2.45, 2.75) is 12.8 Å². The summed E-state index contributed by atoms with van der Waals surface area (Å²) >= 11 is 1.75. The van der Waals surface area contributed by atoms with E-state index in [2.05, 4.69) is 0 Å². The Bertz CT molecular complexity index is 350. The Kier molecular flexibility index (Phi) is 5.71. The molecule has 0 bridgehead atoms. The SMILES string of the molecule is CN(CCC(=O)O)S(=O)(=O)N1CCCSCC1. The van der Waals surface area contributed by atoms with Gasteiger partial charge in [0.25, 0.3) is 10.2 Å². The number of hydrogen-bond acceptors (Lipinski definition) is 4. The summed E-state index contributed by atoms with van der Waals surface area (Å²) in [6.07, 6.45) is 0.676. The van der Waals surface area contributed by atoms with Crippen molar-refractivity contribution in [1.82, 2.24) is 8.61 Å². The second-order valence-electron chi connectivity index (χ2n) is 3.84. The van der Waals surface area contributed by atoms with Gasteiger partial charge in [0.2, 0.25) is 0 Å². The first-order chi connectivity index (χ1) is 7.94. The molecule has 0 aromatic carbocycles. The molecule has 0 atom stereocenters. The highest BCUT2D eigenvalue weighted by Crippen LogP contribution is 2.15. The van der Waals surface area contributed by atoms with Crippen LogP contribution in [0.15, 0.2) is 0 Å². The lowest BCUT2D eigenvalue weighted by Gasteiger charge is -2.25. The lowest BCUT2D eigenvalue weighted by atomic mass is 10.4. The fraction of sp³-hybridized carbons (Fsp3) is 0.889. The van der Waals surface area contributed by atoms with E-state index in [4.69, 9.17) is 5.11 Å². The first-order valence-corrected chi connectivity index (χ1v) is 8.00. The highest BCUT2D eigenvalue weighted by molar-refractivity contribution is 7.99. The summed E-state index contributed by atoms with van der Waals surface area (Å²) in [5.41, 5.74) is 0. The Balaban J connectivity index is 2.61. The number of thioether (sulfide) groups is 1. The van der Waals surface area contributed by atoms with E-state index >= 15 is 0 Å². The molecule has 1 aliphatic heterocycles.